The molecule has 24 heavy (non-hydrogen) atoms. The number of aldehydes is 1. The number of rotatable bonds is 3. The highest BCUT2D eigenvalue weighted by atomic mass is 16.1. The van der Waals surface area contributed by atoms with Crippen molar-refractivity contribution in [1.82, 2.24) is 14.7 Å². The summed E-state index contributed by atoms with van der Waals surface area (Å²) in [5, 5.41) is 0. The summed E-state index contributed by atoms with van der Waals surface area (Å²) >= 11 is 0. The highest BCUT2D eigenvalue weighted by Gasteiger charge is 2.07. The SMILES string of the molecule is CC=O.CCN1CCCC1.O=CN1CCCC1.O=CN1CCCC1. The molecule has 0 atom stereocenters. The molecule has 0 radical (unpaired) electrons. The van der Waals surface area contributed by atoms with Crippen LogP contribution in [0, 0.1) is 0 Å². The third-order valence-corrected chi connectivity index (χ3v) is 4.23. The predicted octanol–water partition coefficient (Wildman–Crippen LogP) is 1.78. The lowest BCUT2D eigenvalue weighted by Crippen LogP contribution is -2.17. The minimum atomic E-state index is 0.750. The summed E-state index contributed by atoms with van der Waals surface area (Å²) in [5.74, 6) is 0. The summed E-state index contributed by atoms with van der Waals surface area (Å²) in [6, 6.07) is 0. The first-order valence-electron chi connectivity index (χ1n) is 9.22. The van der Waals surface area contributed by atoms with E-state index in [4.69, 9.17) is 4.79 Å². The summed E-state index contributed by atoms with van der Waals surface area (Å²) in [7, 11) is 0. The van der Waals surface area contributed by atoms with E-state index in [-0.39, 0.29) is 0 Å². The molecule has 0 saturated carbocycles. The van der Waals surface area contributed by atoms with Crippen molar-refractivity contribution in [1.29, 1.82) is 0 Å². The van der Waals surface area contributed by atoms with Gasteiger partial charge in [-0.3, -0.25) is 9.59 Å². The number of amides is 2. The second-order valence-corrected chi connectivity index (χ2v) is 6.07. The molecule has 0 aromatic rings. The Labute approximate surface area is 147 Å². The minimum Gasteiger partial charge on any atom is -0.345 e. The number of nitrogens with zero attached hydrogens (tertiary/aromatic N) is 3. The lowest BCUT2D eigenvalue weighted by molar-refractivity contribution is -0.117. The first-order valence-corrected chi connectivity index (χ1v) is 9.22. The number of carbonyl (C=O) groups is 3. The summed E-state index contributed by atoms with van der Waals surface area (Å²) in [4.78, 5) is 34.8. The van der Waals surface area contributed by atoms with Gasteiger partial charge in [-0.15, -0.1) is 0 Å². The number of hydrogen-bond donors (Lipinski definition) is 0. The molecule has 3 saturated heterocycles. The van der Waals surface area contributed by atoms with Crippen molar-refractivity contribution in [2.24, 2.45) is 0 Å². The van der Waals surface area contributed by atoms with Crippen LogP contribution >= 0.6 is 0 Å². The lowest BCUT2D eigenvalue weighted by Gasteiger charge is -2.08. The summed E-state index contributed by atoms with van der Waals surface area (Å²) < 4.78 is 0. The molecule has 0 aromatic carbocycles. The molecule has 0 N–H and O–H groups in total. The van der Waals surface area contributed by atoms with Crippen LogP contribution in [-0.2, 0) is 14.4 Å². The summed E-state index contributed by atoms with van der Waals surface area (Å²) in [5.41, 5.74) is 0. The van der Waals surface area contributed by atoms with Crippen LogP contribution in [0.3, 0.4) is 0 Å². The average molecular weight is 341 g/mol. The van der Waals surface area contributed by atoms with E-state index in [1.165, 1.54) is 65.1 Å². The molecule has 3 rings (SSSR count). The van der Waals surface area contributed by atoms with Crippen molar-refractivity contribution < 1.29 is 14.4 Å². The van der Waals surface area contributed by atoms with Crippen LogP contribution in [0.25, 0.3) is 0 Å². The Morgan fingerprint density at radius 1 is 0.667 bits per heavy atom. The Hall–Kier alpha value is -1.43. The van der Waals surface area contributed by atoms with Crippen LogP contribution in [0.5, 0.6) is 0 Å². The molecular formula is C18H35N3O3. The topological polar surface area (TPSA) is 60.9 Å². The number of carbonyl (C=O) groups excluding carboxylic acids is 3. The van der Waals surface area contributed by atoms with Gasteiger partial charge in [-0.2, -0.15) is 0 Å². The van der Waals surface area contributed by atoms with Gasteiger partial charge in [0, 0.05) is 26.2 Å². The van der Waals surface area contributed by atoms with Crippen molar-refractivity contribution in [2.75, 3.05) is 45.8 Å². The molecule has 6 nitrogen and oxygen atoms in total. The van der Waals surface area contributed by atoms with Gasteiger partial charge >= 0.3 is 0 Å². The number of hydrogen-bond acceptors (Lipinski definition) is 4. The normalized spacial score (nSPS) is 19.2. The van der Waals surface area contributed by atoms with E-state index in [1.54, 1.807) is 9.80 Å². The molecule has 3 fully saturated rings. The molecule has 0 unspecified atom stereocenters. The Morgan fingerprint density at radius 2 is 0.958 bits per heavy atom. The Kier molecular flexibility index (Phi) is 15.4. The largest absolute Gasteiger partial charge is 0.345 e. The summed E-state index contributed by atoms with van der Waals surface area (Å²) in [6.45, 7) is 11.5. The average Bonchev–Trinajstić information content (AvgIpc) is 3.40. The molecule has 0 aromatic heterocycles. The van der Waals surface area contributed by atoms with Gasteiger partial charge in [0.05, 0.1) is 0 Å². The third-order valence-electron chi connectivity index (χ3n) is 4.23. The highest BCUT2D eigenvalue weighted by Crippen LogP contribution is 2.05. The van der Waals surface area contributed by atoms with Gasteiger partial charge in [-0.25, -0.2) is 0 Å². The minimum absolute atomic E-state index is 0.750. The first kappa shape index (κ1) is 22.6. The molecule has 6 heteroatoms. The van der Waals surface area contributed by atoms with Gasteiger partial charge in [-0.1, -0.05) is 6.92 Å². The van der Waals surface area contributed by atoms with E-state index in [0.717, 1.165) is 45.3 Å². The highest BCUT2D eigenvalue weighted by molar-refractivity contribution is 5.47. The Balaban J connectivity index is 0.000000306. The number of likely N-dealkylation sites (tertiary alicyclic amines) is 3. The fourth-order valence-electron chi connectivity index (χ4n) is 2.79. The second-order valence-electron chi connectivity index (χ2n) is 6.07. The van der Waals surface area contributed by atoms with E-state index in [1.807, 2.05) is 0 Å². The second kappa shape index (κ2) is 16.4. The van der Waals surface area contributed by atoms with Gasteiger partial charge in [0.15, 0.2) is 0 Å². The molecule has 3 heterocycles. The summed E-state index contributed by atoms with van der Waals surface area (Å²) in [6.07, 6.45) is 10.2. The van der Waals surface area contributed by atoms with E-state index < -0.39 is 0 Å². The monoisotopic (exact) mass is 341 g/mol. The fourth-order valence-corrected chi connectivity index (χ4v) is 2.79. The molecular weight excluding hydrogens is 306 g/mol. The van der Waals surface area contributed by atoms with Gasteiger partial charge in [0.25, 0.3) is 0 Å². The molecule has 0 aliphatic carbocycles. The van der Waals surface area contributed by atoms with Crippen LogP contribution in [-0.4, -0.2) is 79.6 Å². The van der Waals surface area contributed by atoms with E-state index in [0.29, 0.717) is 0 Å². The quantitative estimate of drug-likeness (QED) is 0.734. The zero-order valence-electron chi connectivity index (χ0n) is 15.5. The van der Waals surface area contributed by atoms with Crippen molar-refractivity contribution >= 4 is 19.1 Å². The Morgan fingerprint density at radius 3 is 1.12 bits per heavy atom. The van der Waals surface area contributed by atoms with Gasteiger partial charge < -0.3 is 19.5 Å². The molecule has 0 bridgehead atoms. The van der Waals surface area contributed by atoms with Crippen molar-refractivity contribution in [2.45, 2.75) is 52.4 Å². The fraction of sp³-hybridized carbons (Fsp3) is 0.833. The zero-order valence-corrected chi connectivity index (χ0v) is 15.5. The van der Waals surface area contributed by atoms with Crippen LogP contribution in [0.4, 0.5) is 0 Å². The van der Waals surface area contributed by atoms with Gasteiger partial charge in [0.2, 0.25) is 12.8 Å². The molecule has 3 aliphatic heterocycles. The maximum atomic E-state index is 9.93. The molecule has 3 aliphatic rings. The third kappa shape index (κ3) is 12.0. The van der Waals surface area contributed by atoms with Gasteiger partial charge in [-0.05, 0) is 65.1 Å². The van der Waals surface area contributed by atoms with Crippen molar-refractivity contribution in [3.05, 3.63) is 0 Å². The van der Waals surface area contributed by atoms with E-state index in [2.05, 4.69) is 11.8 Å². The zero-order chi connectivity index (χ0) is 18.0. The van der Waals surface area contributed by atoms with E-state index in [9.17, 15) is 9.59 Å². The van der Waals surface area contributed by atoms with E-state index >= 15 is 0 Å². The standard InChI is InChI=1S/C6H13N.2C5H9NO.C2H4O/c1-2-7-5-3-4-6-7;2*7-5-6-3-1-2-4-6;1-2-3/h2-6H2,1H3;2*5H,1-4H2;2H,1H3. The van der Waals surface area contributed by atoms with Crippen LogP contribution in [0.2, 0.25) is 0 Å². The van der Waals surface area contributed by atoms with Crippen LogP contribution in [0.15, 0.2) is 0 Å². The smallest absolute Gasteiger partial charge is 0.209 e. The maximum Gasteiger partial charge on any atom is 0.209 e. The molecule has 0 spiro atoms. The molecule has 2 amide bonds. The van der Waals surface area contributed by atoms with Crippen LogP contribution < -0.4 is 0 Å². The lowest BCUT2D eigenvalue weighted by atomic mass is 10.4. The first-order chi connectivity index (χ1) is 11.7. The Bertz CT molecular complexity index is 289. The maximum absolute atomic E-state index is 9.93. The molecule has 140 valence electrons. The van der Waals surface area contributed by atoms with Crippen LogP contribution in [0.1, 0.15) is 52.4 Å². The van der Waals surface area contributed by atoms with Crippen molar-refractivity contribution in [3.8, 4) is 0 Å². The predicted molar refractivity (Wildman–Crippen MR) is 96.8 cm³/mol. The van der Waals surface area contributed by atoms with Gasteiger partial charge in [0.1, 0.15) is 6.29 Å². The van der Waals surface area contributed by atoms with Crippen molar-refractivity contribution in [3.63, 3.8) is 0 Å².